The zero-order valence-electron chi connectivity index (χ0n) is 12.4. The van der Waals surface area contributed by atoms with Crippen LogP contribution in [-0.4, -0.2) is 13.7 Å². The van der Waals surface area contributed by atoms with Gasteiger partial charge in [-0.1, -0.05) is 42.8 Å². The Morgan fingerprint density at radius 3 is 2.52 bits per heavy atom. The van der Waals surface area contributed by atoms with Crippen LogP contribution in [0.5, 0.6) is 5.75 Å². The Bertz CT molecular complexity index is 630. The molecule has 2 aromatic carbocycles. The Labute approximate surface area is 129 Å². The van der Waals surface area contributed by atoms with E-state index in [0.717, 1.165) is 11.1 Å². The molecule has 0 aromatic heterocycles. The molecule has 21 heavy (non-hydrogen) atoms. The van der Waals surface area contributed by atoms with Gasteiger partial charge < -0.3 is 10.1 Å². The summed E-state index contributed by atoms with van der Waals surface area (Å²) in [6.45, 7) is 4.65. The summed E-state index contributed by atoms with van der Waals surface area (Å²) in [5.41, 5.74) is 2.48. The molecule has 2 rings (SSSR count). The zero-order valence-corrected chi connectivity index (χ0v) is 13.2. The van der Waals surface area contributed by atoms with E-state index in [9.17, 15) is 4.39 Å². The maximum absolute atomic E-state index is 14.6. The first-order valence-electron chi connectivity index (χ1n) is 6.91. The predicted octanol–water partition coefficient (Wildman–Crippen LogP) is 4.50. The number of ether oxygens (including phenoxy) is 1. The van der Waals surface area contributed by atoms with Gasteiger partial charge >= 0.3 is 0 Å². The van der Waals surface area contributed by atoms with Crippen LogP contribution in [0, 0.1) is 12.7 Å². The van der Waals surface area contributed by atoms with E-state index in [1.165, 1.54) is 7.11 Å². The third-order valence-electron chi connectivity index (χ3n) is 3.55. The molecule has 0 radical (unpaired) electrons. The molecule has 0 aliphatic carbocycles. The first kappa shape index (κ1) is 15.8. The van der Waals surface area contributed by atoms with Crippen LogP contribution in [0.3, 0.4) is 0 Å². The molecule has 2 aromatic rings. The second-order valence-electron chi connectivity index (χ2n) is 4.81. The van der Waals surface area contributed by atoms with Crippen molar-refractivity contribution < 1.29 is 9.13 Å². The minimum absolute atomic E-state index is 0.245. The third-order valence-corrected chi connectivity index (χ3v) is 3.96. The molecular weight excluding hydrogens is 289 g/mol. The summed E-state index contributed by atoms with van der Waals surface area (Å²) in [6, 6.07) is 10.6. The molecule has 1 atom stereocenters. The van der Waals surface area contributed by atoms with E-state index < -0.39 is 0 Å². The summed E-state index contributed by atoms with van der Waals surface area (Å²) in [6.07, 6.45) is 0. The number of rotatable bonds is 5. The summed E-state index contributed by atoms with van der Waals surface area (Å²) >= 11 is 6.20. The average molecular weight is 308 g/mol. The van der Waals surface area contributed by atoms with Crippen molar-refractivity contribution in [1.29, 1.82) is 0 Å². The van der Waals surface area contributed by atoms with E-state index in [0.29, 0.717) is 17.1 Å². The van der Waals surface area contributed by atoms with Crippen molar-refractivity contribution in [1.82, 2.24) is 5.32 Å². The van der Waals surface area contributed by atoms with Crippen molar-refractivity contribution in [3.8, 4) is 5.75 Å². The molecule has 0 aliphatic heterocycles. The van der Waals surface area contributed by atoms with Crippen LogP contribution in [0.15, 0.2) is 36.4 Å². The minimum atomic E-state index is -0.342. The van der Waals surface area contributed by atoms with Gasteiger partial charge in [0.25, 0.3) is 0 Å². The van der Waals surface area contributed by atoms with Crippen molar-refractivity contribution in [2.45, 2.75) is 19.9 Å². The van der Waals surface area contributed by atoms with Crippen LogP contribution >= 0.6 is 11.6 Å². The topological polar surface area (TPSA) is 21.3 Å². The fourth-order valence-electron chi connectivity index (χ4n) is 2.44. The number of hydrogen-bond donors (Lipinski definition) is 1. The van der Waals surface area contributed by atoms with Crippen molar-refractivity contribution in [3.63, 3.8) is 0 Å². The maximum Gasteiger partial charge on any atom is 0.170 e. The molecule has 0 bridgehead atoms. The largest absolute Gasteiger partial charge is 0.494 e. The number of benzene rings is 2. The van der Waals surface area contributed by atoms with E-state index in [-0.39, 0.29) is 17.6 Å². The standard InChI is InChI=1S/C17H19ClFNO/c1-4-20-17(12-7-5-9-14(18)11(12)2)13-8-6-10-15(21-3)16(13)19/h5-10,17,20H,4H2,1-3H3. The van der Waals surface area contributed by atoms with Crippen LogP contribution in [0.4, 0.5) is 4.39 Å². The van der Waals surface area contributed by atoms with Crippen molar-refractivity contribution >= 4 is 11.6 Å². The van der Waals surface area contributed by atoms with Crippen molar-refractivity contribution in [3.05, 3.63) is 63.9 Å². The summed E-state index contributed by atoms with van der Waals surface area (Å²) in [5.74, 6) is -0.0968. The first-order chi connectivity index (χ1) is 10.1. The van der Waals surface area contributed by atoms with Gasteiger partial charge in [-0.15, -0.1) is 0 Å². The molecule has 112 valence electrons. The molecule has 0 spiro atoms. The smallest absolute Gasteiger partial charge is 0.170 e. The third kappa shape index (κ3) is 3.20. The molecule has 2 nitrogen and oxygen atoms in total. The Morgan fingerprint density at radius 1 is 1.19 bits per heavy atom. The van der Waals surface area contributed by atoms with Crippen LogP contribution in [0.25, 0.3) is 0 Å². The fraction of sp³-hybridized carbons (Fsp3) is 0.294. The molecule has 0 fully saturated rings. The van der Waals surface area contributed by atoms with E-state index in [2.05, 4.69) is 5.32 Å². The van der Waals surface area contributed by atoms with E-state index in [1.807, 2.05) is 32.0 Å². The lowest BCUT2D eigenvalue weighted by Gasteiger charge is -2.22. The Kier molecular flexibility index (Phi) is 5.21. The summed E-state index contributed by atoms with van der Waals surface area (Å²) in [4.78, 5) is 0. The molecule has 0 saturated heterocycles. The highest BCUT2D eigenvalue weighted by atomic mass is 35.5. The quantitative estimate of drug-likeness (QED) is 0.878. The molecule has 0 saturated carbocycles. The highest BCUT2D eigenvalue weighted by Crippen LogP contribution is 2.32. The highest BCUT2D eigenvalue weighted by Gasteiger charge is 2.21. The number of hydrogen-bond acceptors (Lipinski definition) is 2. The molecule has 0 heterocycles. The monoisotopic (exact) mass is 307 g/mol. The normalized spacial score (nSPS) is 12.2. The lowest BCUT2D eigenvalue weighted by molar-refractivity contribution is 0.381. The predicted molar refractivity (Wildman–Crippen MR) is 84.7 cm³/mol. The average Bonchev–Trinajstić information content (AvgIpc) is 2.49. The Morgan fingerprint density at radius 2 is 1.86 bits per heavy atom. The molecule has 1 unspecified atom stereocenters. The van der Waals surface area contributed by atoms with Crippen LogP contribution in [0.1, 0.15) is 29.7 Å². The zero-order chi connectivity index (χ0) is 15.4. The van der Waals surface area contributed by atoms with Crippen LogP contribution in [-0.2, 0) is 0 Å². The number of methoxy groups -OCH3 is 1. The van der Waals surface area contributed by atoms with E-state index in [1.54, 1.807) is 18.2 Å². The van der Waals surface area contributed by atoms with Gasteiger partial charge in [0, 0.05) is 10.6 Å². The van der Waals surface area contributed by atoms with E-state index in [4.69, 9.17) is 16.3 Å². The van der Waals surface area contributed by atoms with Gasteiger partial charge in [0.2, 0.25) is 0 Å². The summed E-state index contributed by atoms with van der Waals surface area (Å²) < 4.78 is 19.6. The van der Waals surface area contributed by atoms with Crippen LogP contribution in [0.2, 0.25) is 5.02 Å². The van der Waals surface area contributed by atoms with Gasteiger partial charge in [-0.2, -0.15) is 0 Å². The lowest BCUT2D eigenvalue weighted by atomic mass is 9.94. The Balaban J connectivity index is 2.56. The summed E-state index contributed by atoms with van der Waals surface area (Å²) in [7, 11) is 1.47. The molecule has 0 amide bonds. The van der Waals surface area contributed by atoms with Gasteiger partial charge in [0.1, 0.15) is 0 Å². The summed E-state index contributed by atoms with van der Waals surface area (Å²) in [5, 5.41) is 4.00. The van der Waals surface area contributed by atoms with Crippen molar-refractivity contribution in [2.24, 2.45) is 0 Å². The van der Waals surface area contributed by atoms with Gasteiger partial charge in [-0.25, -0.2) is 4.39 Å². The molecular formula is C17H19ClFNO. The van der Waals surface area contributed by atoms with Gasteiger partial charge in [-0.05, 0) is 36.7 Å². The minimum Gasteiger partial charge on any atom is -0.494 e. The maximum atomic E-state index is 14.6. The molecule has 1 N–H and O–H groups in total. The second kappa shape index (κ2) is 6.92. The van der Waals surface area contributed by atoms with Gasteiger partial charge in [0.05, 0.1) is 13.2 Å². The van der Waals surface area contributed by atoms with E-state index >= 15 is 0 Å². The lowest BCUT2D eigenvalue weighted by Crippen LogP contribution is -2.24. The SMILES string of the molecule is CCNC(c1cccc(Cl)c1C)c1cccc(OC)c1F. The van der Waals surface area contributed by atoms with Crippen molar-refractivity contribution in [2.75, 3.05) is 13.7 Å². The molecule has 4 heteroatoms. The second-order valence-corrected chi connectivity index (χ2v) is 5.22. The first-order valence-corrected chi connectivity index (χ1v) is 7.28. The number of nitrogens with one attached hydrogen (secondary N) is 1. The van der Waals surface area contributed by atoms with Crippen LogP contribution < -0.4 is 10.1 Å². The van der Waals surface area contributed by atoms with Gasteiger partial charge in [-0.3, -0.25) is 0 Å². The fourth-order valence-corrected chi connectivity index (χ4v) is 2.62. The Hall–Kier alpha value is -1.58. The number of halogens is 2. The molecule has 0 aliphatic rings. The highest BCUT2D eigenvalue weighted by molar-refractivity contribution is 6.31. The van der Waals surface area contributed by atoms with Gasteiger partial charge in [0.15, 0.2) is 11.6 Å².